The highest BCUT2D eigenvalue weighted by Crippen LogP contribution is 2.32. The average molecular weight is 368 g/mol. The second kappa shape index (κ2) is 7.73. The maximum absolute atomic E-state index is 12.3. The molecule has 124 valence electrons. The summed E-state index contributed by atoms with van der Waals surface area (Å²) in [6, 6.07) is 5.20. The molecule has 2 N–H and O–H groups in total. The van der Waals surface area contributed by atoms with E-state index in [0.29, 0.717) is 28.9 Å². The van der Waals surface area contributed by atoms with Crippen LogP contribution in [-0.2, 0) is 4.79 Å². The number of para-hydroxylation sites is 1. The van der Waals surface area contributed by atoms with Crippen molar-refractivity contribution in [2.45, 2.75) is 26.3 Å². The Labute approximate surface area is 147 Å². The van der Waals surface area contributed by atoms with Gasteiger partial charge in [0.25, 0.3) is 5.91 Å². The first-order valence-corrected chi connectivity index (χ1v) is 7.67. The number of hydrogen-bond donors (Lipinski definition) is 1. The summed E-state index contributed by atoms with van der Waals surface area (Å²) in [5.41, 5.74) is 5.99. The summed E-state index contributed by atoms with van der Waals surface area (Å²) in [7, 11) is 0. The Balaban J connectivity index is 0.00000242. The molecule has 1 fully saturated rings. The van der Waals surface area contributed by atoms with E-state index >= 15 is 0 Å². The fourth-order valence-corrected chi connectivity index (χ4v) is 2.94. The molecule has 1 heterocycles. The van der Waals surface area contributed by atoms with Gasteiger partial charge in [-0.2, -0.15) is 0 Å². The van der Waals surface area contributed by atoms with E-state index in [9.17, 15) is 4.79 Å². The fourth-order valence-electron chi connectivity index (χ4n) is 2.43. The van der Waals surface area contributed by atoms with Crippen molar-refractivity contribution < 1.29 is 9.53 Å². The molecule has 0 bridgehead atoms. The minimum absolute atomic E-state index is 0. The molecule has 22 heavy (non-hydrogen) atoms. The first-order valence-electron chi connectivity index (χ1n) is 6.91. The van der Waals surface area contributed by atoms with Crippen LogP contribution in [0.1, 0.15) is 20.3 Å². The summed E-state index contributed by atoms with van der Waals surface area (Å²) in [4.78, 5) is 14.0. The van der Waals surface area contributed by atoms with Gasteiger partial charge >= 0.3 is 0 Å². The quantitative estimate of drug-likeness (QED) is 0.891. The third-order valence-electron chi connectivity index (χ3n) is 3.92. The number of nitrogens with two attached hydrogens (primary N) is 1. The molecule has 1 aliphatic heterocycles. The summed E-state index contributed by atoms with van der Waals surface area (Å²) < 4.78 is 5.49. The SMILES string of the molecule is CC1(C)CN(C(=O)COc2c(Cl)cccc2Cl)CCC1N.Cl. The number of piperidine rings is 1. The van der Waals surface area contributed by atoms with Gasteiger partial charge in [-0.15, -0.1) is 12.4 Å². The smallest absolute Gasteiger partial charge is 0.260 e. The molecule has 1 aromatic rings. The number of carbonyl (C=O) groups is 1. The number of amides is 1. The number of carbonyl (C=O) groups excluding carboxylic acids is 1. The molecule has 1 unspecified atom stereocenters. The van der Waals surface area contributed by atoms with Crippen molar-refractivity contribution in [2.24, 2.45) is 11.1 Å². The summed E-state index contributed by atoms with van der Waals surface area (Å²) in [5.74, 6) is 0.271. The molecule has 2 rings (SSSR count). The second-order valence-corrected chi connectivity index (χ2v) is 6.85. The lowest BCUT2D eigenvalue weighted by Gasteiger charge is -2.42. The zero-order chi connectivity index (χ0) is 15.6. The van der Waals surface area contributed by atoms with Gasteiger partial charge < -0.3 is 15.4 Å². The topological polar surface area (TPSA) is 55.6 Å². The van der Waals surface area contributed by atoms with Crippen LogP contribution in [0.2, 0.25) is 10.0 Å². The van der Waals surface area contributed by atoms with Crippen molar-refractivity contribution in [3.05, 3.63) is 28.2 Å². The van der Waals surface area contributed by atoms with Crippen LogP contribution < -0.4 is 10.5 Å². The van der Waals surface area contributed by atoms with Crippen LogP contribution in [0.3, 0.4) is 0 Å². The van der Waals surface area contributed by atoms with Gasteiger partial charge in [-0.3, -0.25) is 4.79 Å². The summed E-state index contributed by atoms with van der Waals surface area (Å²) >= 11 is 12.0. The number of hydrogen-bond acceptors (Lipinski definition) is 3. The van der Waals surface area contributed by atoms with Gasteiger partial charge in [0.15, 0.2) is 12.4 Å². The van der Waals surface area contributed by atoms with Crippen molar-refractivity contribution in [1.29, 1.82) is 0 Å². The molecule has 0 aliphatic carbocycles. The maximum Gasteiger partial charge on any atom is 0.260 e. The van der Waals surface area contributed by atoms with Gasteiger partial charge in [-0.05, 0) is 24.0 Å². The normalized spacial score (nSPS) is 20.2. The van der Waals surface area contributed by atoms with E-state index in [4.69, 9.17) is 33.7 Å². The number of ether oxygens (including phenoxy) is 1. The molecule has 1 aromatic carbocycles. The van der Waals surface area contributed by atoms with Crippen LogP contribution in [0, 0.1) is 5.41 Å². The van der Waals surface area contributed by atoms with E-state index in [1.54, 1.807) is 23.1 Å². The number of benzene rings is 1. The Morgan fingerprint density at radius 3 is 2.55 bits per heavy atom. The van der Waals surface area contributed by atoms with Gasteiger partial charge in [-0.25, -0.2) is 0 Å². The molecule has 1 saturated heterocycles. The largest absolute Gasteiger partial charge is 0.481 e. The van der Waals surface area contributed by atoms with Crippen LogP contribution >= 0.6 is 35.6 Å². The number of halogens is 3. The van der Waals surface area contributed by atoms with Crippen molar-refractivity contribution in [1.82, 2.24) is 4.90 Å². The molecule has 0 saturated carbocycles. The van der Waals surface area contributed by atoms with Crippen LogP contribution in [-0.4, -0.2) is 36.5 Å². The molecule has 1 aliphatic rings. The van der Waals surface area contributed by atoms with Gasteiger partial charge in [0, 0.05) is 19.1 Å². The maximum atomic E-state index is 12.3. The van der Waals surface area contributed by atoms with Gasteiger partial charge in [0.05, 0.1) is 10.0 Å². The van der Waals surface area contributed by atoms with E-state index in [-0.39, 0.29) is 36.4 Å². The first-order chi connectivity index (χ1) is 9.81. The van der Waals surface area contributed by atoms with E-state index in [1.165, 1.54) is 0 Å². The predicted octanol–water partition coefficient (Wildman–Crippen LogP) is 3.38. The molecule has 0 aromatic heterocycles. The number of nitrogens with zero attached hydrogens (tertiary/aromatic N) is 1. The third-order valence-corrected chi connectivity index (χ3v) is 4.52. The Bertz CT molecular complexity index is 517. The lowest BCUT2D eigenvalue weighted by atomic mass is 9.80. The van der Waals surface area contributed by atoms with E-state index in [0.717, 1.165) is 6.42 Å². The Kier molecular flexibility index (Phi) is 6.81. The Morgan fingerprint density at radius 2 is 2.00 bits per heavy atom. The van der Waals surface area contributed by atoms with Crippen molar-refractivity contribution in [3.63, 3.8) is 0 Å². The minimum Gasteiger partial charge on any atom is -0.481 e. The average Bonchev–Trinajstić information content (AvgIpc) is 2.41. The molecule has 7 heteroatoms. The first kappa shape index (κ1) is 19.4. The number of likely N-dealkylation sites (tertiary alicyclic amines) is 1. The summed E-state index contributed by atoms with van der Waals surface area (Å²) in [6.07, 6.45) is 0.797. The van der Waals surface area contributed by atoms with Gasteiger partial charge in [0.2, 0.25) is 0 Å². The van der Waals surface area contributed by atoms with Gasteiger partial charge in [0.1, 0.15) is 0 Å². The second-order valence-electron chi connectivity index (χ2n) is 6.04. The van der Waals surface area contributed by atoms with Crippen LogP contribution in [0.4, 0.5) is 0 Å². The Hall–Kier alpha value is -0.680. The molecule has 1 atom stereocenters. The fraction of sp³-hybridized carbons (Fsp3) is 0.533. The van der Waals surface area contributed by atoms with Crippen molar-refractivity contribution in [2.75, 3.05) is 19.7 Å². The number of rotatable bonds is 3. The predicted molar refractivity (Wildman–Crippen MR) is 92.2 cm³/mol. The van der Waals surface area contributed by atoms with Crippen LogP contribution in [0.15, 0.2) is 18.2 Å². The molecular formula is C15H21Cl3N2O2. The monoisotopic (exact) mass is 366 g/mol. The van der Waals surface area contributed by atoms with E-state index in [2.05, 4.69) is 13.8 Å². The molecule has 0 spiro atoms. The lowest BCUT2D eigenvalue weighted by Crippen LogP contribution is -2.54. The lowest BCUT2D eigenvalue weighted by molar-refractivity contribution is -0.136. The van der Waals surface area contributed by atoms with Crippen molar-refractivity contribution >= 4 is 41.5 Å². The van der Waals surface area contributed by atoms with Gasteiger partial charge in [-0.1, -0.05) is 43.1 Å². The van der Waals surface area contributed by atoms with E-state index in [1.807, 2.05) is 0 Å². The Morgan fingerprint density at radius 1 is 1.41 bits per heavy atom. The van der Waals surface area contributed by atoms with Crippen molar-refractivity contribution in [3.8, 4) is 5.75 Å². The highest BCUT2D eigenvalue weighted by molar-refractivity contribution is 6.37. The van der Waals surface area contributed by atoms with Crippen LogP contribution in [0.25, 0.3) is 0 Å². The molecule has 1 amide bonds. The summed E-state index contributed by atoms with van der Waals surface area (Å²) in [6.45, 7) is 5.36. The molecule has 4 nitrogen and oxygen atoms in total. The zero-order valence-corrected chi connectivity index (χ0v) is 15.0. The van der Waals surface area contributed by atoms with E-state index < -0.39 is 0 Å². The zero-order valence-electron chi connectivity index (χ0n) is 12.6. The summed E-state index contributed by atoms with van der Waals surface area (Å²) in [5, 5.41) is 0.799. The van der Waals surface area contributed by atoms with Crippen LogP contribution in [0.5, 0.6) is 5.75 Å². The third kappa shape index (κ3) is 4.42. The molecule has 0 radical (unpaired) electrons. The molecular weight excluding hydrogens is 347 g/mol. The highest BCUT2D eigenvalue weighted by atomic mass is 35.5. The minimum atomic E-state index is -0.0874. The standard InChI is InChI=1S/C15H20Cl2N2O2.ClH/c1-15(2)9-19(7-6-12(15)18)13(20)8-21-14-10(16)4-3-5-11(14)17;/h3-5,12H,6-9,18H2,1-2H3;1H. The highest BCUT2D eigenvalue weighted by Gasteiger charge is 2.35.